The van der Waals surface area contributed by atoms with Crippen LogP contribution in [-0.4, -0.2) is 34.3 Å². The van der Waals surface area contributed by atoms with Gasteiger partial charge in [-0.1, -0.05) is 13.8 Å². The fourth-order valence-corrected chi connectivity index (χ4v) is 2.02. The van der Waals surface area contributed by atoms with E-state index in [4.69, 9.17) is 5.11 Å². The molecule has 0 bridgehead atoms. The topological polar surface area (TPSA) is 70.1 Å². The number of nitrogens with zero attached hydrogens (tertiary/aromatic N) is 2. The van der Waals surface area contributed by atoms with E-state index < -0.39 is 0 Å². The minimum Gasteiger partial charge on any atom is -0.396 e. The third-order valence-corrected chi connectivity index (χ3v) is 3.39. The van der Waals surface area contributed by atoms with E-state index in [1.165, 1.54) is 6.33 Å². The van der Waals surface area contributed by atoms with Gasteiger partial charge in [-0.15, -0.1) is 0 Å². The average Bonchev–Trinajstić information content (AvgIpc) is 2.39. The number of halogens is 1. The van der Waals surface area contributed by atoms with E-state index in [1.807, 2.05) is 0 Å². The summed E-state index contributed by atoms with van der Waals surface area (Å²) in [5.74, 6) is 1.57. The van der Waals surface area contributed by atoms with Crippen LogP contribution in [0.3, 0.4) is 0 Å². The van der Waals surface area contributed by atoms with Gasteiger partial charge in [0.25, 0.3) is 0 Å². The van der Waals surface area contributed by atoms with E-state index >= 15 is 0 Å². The Morgan fingerprint density at radius 3 is 2.67 bits per heavy atom. The lowest BCUT2D eigenvalue weighted by molar-refractivity contribution is 0.278. The Morgan fingerprint density at radius 1 is 1.33 bits per heavy atom. The average molecular weight is 317 g/mol. The maximum atomic E-state index is 8.99. The Bertz CT molecular complexity index is 362. The summed E-state index contributed by atoms with van der Waals surface area (Å²) in [4.78, 5) is 8.42. The Hall–Kier alpha value is -0.880. The lowest BCUT2D eigenvalue weighted by Crippen LogP contribution is -2.21. The van der Waals surface area contributed by atoms with Gasteiger partial charge in [-0.3, -0.25) is 0 Å². The van der Waals surface area contributed by atoms with E-state index in [1.54, 1.807) is 0 Å². The molecule has 6 heteroatoms. The summed E-state index contributed by atoms with van der Waals surface area (Å²) in [5, 5.41) is 15.5. The highest BCUT2D eigenvalue weighted by Crippen LogP contribution is 2.27. The molecule has 1 atom stereocenters. The third kappa shape index (κ3) is 4.42. The molecule has 0 saturated heterocycles. The second kappa shape index (κ2) is 8.26. The van der Waals surface area contributed by atoms with Gasteiger partial charge in [0.2, 0.25) is 0 Å². The minimum atomic E-state index is 0.176. The largest absolute Gasteiger partial charge is 0.396 e. The van der Waals surface area contributed by atoms with Crippen LogP contribution in [0, 0.1) is 0 Å². The number of rotatable bonds is 8. The smallest absolute Gasteiger partial charge is 0.146 e. The molecular formula is C12H21BrN4O. The Labute approximate surface area is 117 Å². The van der Waals surface area contributed by atoms with Gasteiger partial charge in [0.15, 0.2) is 0 Å². The zero-order chi connectivity index (χ0) is 13.4. The third-order valence-electron chi connectivity index (χ3n) is 2.64. The van der Waals surface area contributed by atoms with Gasteiger partial charge >= 0.3 is 0 Å². The number of hydrogen-bond donors (Lipinski definition) is 3. The van der Waals surface area contributed by atoms with Gasteiger partial charge in [0.05, 0.1) is 0 Å². The van der Waals surface area contributed by atoms with Crippen molar-refractivity contribution in [2.45, 2.75) is 39.2 Å². The second-order valence-corrected chi connectivity index (χ2v) is 4.87. The summed E-state index contributed by atoms with van der Waals surface area (Å²) in [6.07, 6.45) is 4.23. The molecule has 0 fully saturated rings. The molecule has 0 spiro atoms. The first-order chi connectivity index (χ1) is 8.72. The van der Waals surface area contributed by atoms with E-state index in [-0.39, 0.29) is 12.6 Å². The van der Waals surface area contributed by atoms with E-state index in [2.05, 4.69) is 50.4 Å². The maximum Gasteiger partial charge on any atom is 0.146 e. The second-order valence-electron chi connectivity index (χ2n) is 4.07. The molecule has 0 radical (unpaired) electrons. The number of anilines is 2. The number of aliphatic hydroxyl groups is 1. The first-order valence-electron chi connectivity index (χ1n) is 6.34. The minimum absolute atomic E-state index is 0.176. The van der Waals surface area contributed by atoms with Crippen LogP contribution in [0.25, 0.3) is 0 Å². The molecule has 1 aromatic heterocycles. The highest BCUT2D eigenvalue weighted by molar-refractivity contribution is 9.10. The summed E-state index contributed by atoms with van der Waals surface area (Å²) < 4.78 is 0.842. The predicted octanol–water partition coefficient (Wildman–Crippen LogP) is 2.63. The van der Waals surface area contributed by atoms with E-state index in [9.17, 15) is 0 Å². The van der Waals surface area contributed by atoms with Crippen molar-refractivity contribution in [3.8, 4) is 0 Å². The SMILES string of the molecule is CCCNc1ncnc(NC(CC)CCO)c1Br. The summed E-state index contributed by atoms with van der Waals surface area (Å²) in [5.41, 5.74) is 0. The van der Waals surface area contributed by atoms with Crippen molar-refractivity contribution in [2.24, 2.45) is 0 Å². The quantitative estimate of drug-likeness (QED) is 0.687. The zero-order valence-corrected chi connectivity index (χ0v) is 12.5. The Balaban J connectivity index is 2.75. The van der Waals surface area contributed by atoms with Crippen LogP contribution in [0.15, 0.2) is 10.8 Å². The molecule has 0 aromatic carbocycles. The van der Waals surface area contributed by atoms with Crippen molar-refractivity contribution in [2.75, 3.05) is 23.8 Å². The molecule has 3 N–H and O–H groups in total. The molecule has 1 rings (SSSR count). The molecule has 0 aliphatic rings. The van der Waals surface area contributed by atoms with Crippen molar-refractivity contribution < 1.29 is 5.11 Å². The van der Waals surface area contributed by atoms with Crippen molar-refractivity contribution in [1.29, 1.82) is 0 Å². The van der Waals surface area contributed by atoms with Crippen LogP contribution >= 0.6 is 15.9 Å². The molecule has 1 heterocycles. The van der Waals surface area contributed by atoms with Gasteiger partial charge in [-0.25, -0.2) is 9.97 Å². The molecule has 18 heavy (non-hydrogen) atoms. The summed E-state index contributed by atoms with van der Waals surface area (Å²) in [7, 11) is 0. The standard InChI is InChI=1S/C12H21BrN4O/c1-3-6-14-11-10(13)12(16-8-15-11)17-9(4-2)5-7-18/h8-9,18H,3-7H2,1-2H3,(H2,14,15,16,17). The number of nitrogens with one attached hydrogen (secondary N) is 2. The molecule has 0 aliphatic carbocycles. The van der Waals surface area contributed by atoms with E-state index in [0.717, 1.165) is 35.5 Å². The van der Waals surface area contributed by atoms with Crippen molar-refractivity contribution in [3.05, 3.63) is 10.8 Å². The van der Waals surface area contributed by atoms with Crippen LogP contribution < -0.4 is 10.6 Å². The molecule has 0 amide bonds. The van der Waals surface area contributed by atoms with Gasteiger partial charge in [-0.2, -0.15) is 0 Å². The van der Waals surface area contributed by atoms with Crippen LogP contribution in [0.2, 0.25) is 0 Å². The molecule has 102 valence electrons. The van der Waals surface area contributed by atoms with Crippen LogP contribution in [0.1, 0.15) is 33.1 Å². The van der Waals surface area contributed by atoms with Crippen LogP contribution in [0.5, 0.6) is 0 Å². The maximum absolute atomic E-state index is 8.99. The van der Waals surface area contributed by atoms with Crippen LogP contribution in [0.4, 0.5) is 11.6 Å². The first-order valence-corrected chi connectivity index (χ1v) is 7.13. The normalized spacial score (nSPS) is 12.2. The molecule has 0 aliphatic heterocycles. The van der Waals surface area contributed by atoms with Crippen molar-refractivity contribution in [3.63, 3.8) is 0 Å². The number of aromatic nitrogens is 2. The van der Waals surface area contributed by atoms with Gasteiger partial charge in [-0.05, 0) is 35.2 Å². The predicted molar refractivity (Wildman–Crippen MR) is 77.9 cm³/mol. The summed E-state index contributed by atoms with van der Waals surface area (Å²) in [6, 6.07) is 0.222. The highest BCUT2D eigenvalue weighted by Gasteiger charge is 2.12. The Kier molecular flexibility index (Phi) is 6.97. The van der Waals surface area contributed by atoms with Crippen molar-refractivity contribution >= 4 is 27.6 Å². The number of hydrogen-bond acceptors (Lipinski definition) is 5. The van der Waals surface area contributed by atoms with Crippen LogP contribution in [-0.2, 0) is 0 Å². The molecule has 5 nitrogen and oxygen atoms in total. The van der Waals surface area contributed by atoms with Gasteiger partial charge in [0, 0.05) is 19.2 Å². The molecule has 1 unspecified atom stereocenters. The van der Waals surface area contributed by atoms with Gasteiger partial charge < -0.3 is 15.7 Å². The van der Waals surface area contributed by atoms with Gasteiger partial charge in [0.1, 0.15) is 22.4 Å². The fraction of sp³-hybridized carbons (Fsp3) is 0.667. The molecule has 0 saturated carbocycles. The number of aliphatic hydroxyl groups excluding tert-OH is 1. The van der Waals surface area contributed by atoms with E-state index in [0.29, 0.717) is 6.42 Å². The van der Waals surface area contributed by atoms with Crippen molar-refractivity contribution in [1.82, 2.24) is 9.97 Å². The summed E-state index contributed by atoms with van der Waals surface area (Å²) in [6.45, 7) is 5.24. The molecular weight excluding hydrogens is 296 g/mol. The highest BCUT2D eigenvalue weighted by atomic mass is 79.9. The first kappa shape index (κ1) is 15.2. The Morgan fingerprint density at radius 2 is 2.06 bits per heavy atom. The lowest BCUT2D eigenvalue weighted by Gasteiger charge is -2.18. The zero-order valence-electron chi connectivity index (χ0n) is 10.9. The lowest BCUT2D eigenvalue weighted by atomic mass is 10.1. The molecule has 1 aromatic rings. The monoisotopic (exact) mass is 316 g/mol. The fourth-order valence-electron chi connectivity index (χ4n) is 1.56. The summed E-state index contributed by atoms with van der Waals surface area (Å²) >= 11 is 3.51.